The number of morpholine rings is 1. The summed E-state index contributed by atoms with van der Waals surface area (Å²) >= 11 is 0. The van der Waals surface area contributed by atoms with E-state index in [1.807, 2.05) is 0 Å². The van der Waals surface area contributed by atoms with Gasteiger partial charge < -0.3 is 4.74 Å². The summed E-state index contributed by atoms with van der Waals surface area (Å²) < 4.78 is 45.6. The van der Waals surface area contributed by atoms with Crippen LogP contribution in [0, 0.1) is 11.3 Å². The molecule has 6 nitrogen and oxygen atoms in total. The van der Waals surface area contributed by atoms with Crippen molar-refractivity contribution < 1.29 is 22.5 Å². The van der Waals surface area contributed by atoms with Crippen LogP contribution in [0.25, 0.3) is 0 Å². The molecule has 1 aromatic rings. The highest BCUT2D eigenvalue weighted by Gasteiger charge is 2.33. The number of amidine groups is 1. The van der Waals surface area contributed by atoms with Crippen molar-refractivity contribution in [3.05, 3.63) is 29.8 Å². The van der Waals surface area contributed by atoms with E-state index in [0.29, 0.717) is 26.3 Å². The number of hydrazone groups is 1. The SMILES string of the molecule is N#CC(=NNc1ccccc1C(F)(F)F)C(N)=[N+]1CCOCC1. The molecule has 23 heavy (non-hydrogen) atoms. The van der Waals surface area contributed by atoms with Crippen molar-refractivity contribution in [3.8, 4) is 6.07 Å². The van der Waals surface area contributed by atoms with Gasteiger partial charge in [-0.05, 0) is 12.1 Å². The van der Waals surface area contributed by atoms with Gasteiger partial charge in [-0.1, -0.05) is 12.1 Å². The quantitative estimate of drug-likeness (QED) is 0.380. The second kappa shape index (κ2) is 7.11. The van der Waals surface area contributed by atoms with E-state index in [1.54, 1.807) is 10.6 Å². The maximum absolute atomic E-state index is 12.9. The van der Waals surface area contributed by atoms with Crippen molar-refractivity contribution in [1.82, 2.24) is 0 Å². The second-order valence-electron chi connectivity index (χ2n) is 4.71. The standard InChI is InChI=1S/C14H14F3N5O/c15-14(16,17)10-3-1-2-4-11(10)20-21-12(9-18)13(19)22-5-7-23-8-6-22/h1-4H,5-8H2,(H2,19,20)/p+1. The Hall–Kier alpha value is -2.60. The predicted octanol–water partition coefficient (Wildman–Crippen LogP) is 1.40. The van der Waals surface area contributed by atoms with Crippen LogP contribution in [0.15, 0.2) is 29.4 Å². The normalized spacial score (nSPS) is 15.9. The summed E-state index contributed by atoms with van der Waals surface area (Å²) in [6, 6.07) is 6.66. The van der Waals surface area contributed by atoms with Crippen LogP contribution < -0.4 is 11.2 Å². The Morgan fingerprint density at radius 2 is 1.96 bits per heavy atom. The van der Waals surface area contributed by atoms with Gasteiger partial charge in [-0.3, -0.25) is 15.7 Å². The fourth-order valence-corrected chi connectivity index (χ4v) is 2.04. The highest BCUT2D eigenvalue weighted by atomic mass is 19.4. The number of hydrogen-bond acceptors (Lipinski definition) is 4. The molecule has 122 valence electrons. The van der Waals surface area contributed by atoms with Crippen LogP contribution in [0.2, 0.25) is 0 Å². The van der Waals surface area contributed by atoms with Gasteiger partial charge in [0.15, 0.2) is 0 Å². The van der Waals surface area contributed by atoms with Crippen molar-refractivity contribution in [3.63, 3.8) is 0 Å². The summed E-state index contributed by atoms with van der Waals surface area (Å²) in [7, 11) is 0. The maximum atomic E-state index is 12.9. The Labute approximate surface area is 130 Å². The number of alkyl halides is 3. The van der Waals surface area contributed by atoms with Crippen LogP contribution >= 0.6 is 0 Å². The zero-order valence-corrected chi connectivity index (χ0v) is 12.1. The largest absolute Gasteiger partial charge is 0.418 e. The number of nitrogens with two attached hydrogens (primary N) is 1. The molecule has 3 N–H and O–H groups in total. The van der Waals surface area contributed by atoms with E-state index in [9.17, 15) is 13.2 Å². The summed E-state index contributed by atoms with van der Waals surface area (Å²) in [4.78, 5) is 0. The Kier molecular flexibility index (Phi) is 5.18. The average molecular weight is 326 g/mol. The van der Waals surface area contributed by atoms with Crippen molar-refractivity contribution in [2.75, 3.05) is 31.7 Å². The van der Waals surface area contributed by atoms with Gasteiger partial charge >= 0.3 is 12.0 Å². The number of nitrogens with one attached hydrogen (secondary N) is 1. The molecule has 1 saturated heterocycles. The summed E-state index contributed by atoms with van der Waals surface area (Å²) in [6.07, 6.45) is -4.52. The molecule has 1 aliphatic rings. The zero-order valence-electron chi connectivity index (χ0n) is 12.1. The second-order valence-corrected chi connectivity index (χ2v) is 4.71. The molecule has 9 heteroatoms. The van der Waals surface area contributed by atoms with Crippen molar-refractivity contribution >= 4 is 17.2 Å². The maximum Gasteiger partial charge on any atom is 0.418 e. The van der Waals surface area contributed by atoms with Crippen LogP contribution in [0.5, 0.6) is 0 Å². The van der Waals surface area contributed by atoms with E-state index < -0.39 is 11.7 Å². The molecule has 2 rings (SSSR count). The van der Waals surface area contributed by atoms with Crippen LogP contribution in [-0.4, -0.2) is 42.4 Å². The van der Waals surface area contributed by atoms with E-state index in [0.717, 1.165) is 6.07 Å². The Morgan fingerprint density at radius 3 is 2.57 bits per heavy atom. The minimum atomic E-state index is -4.52. The molecule has 0 bridgehead atoms. The molecule has 1 aliphatic heterocycles. The molecule has 0 saturated carbocycles. The Bertz CT molecular complexity index is 668. The molecule has 0 radical (unpaired) electrons. The third kappa shape index (κ3) is 4.20. The minimum absolute atomic E-state index is 0.104. The first-order valence-electron chi connectivity index (χ1n) is 6.79. The molecule has 1 fully saturated rings. The lowest BCUT2D eigenvalue weighted by atomic mass is 10.2. The van der Waals surface area contributed by atoms with Crippen molar-refractivity contribution in [1.29, 1.82) is 5.26 Å². The fourth-order valence-electron chi connectivity index (χ4n) is 2.04. The van der Waals surface area contributed by atoms with E-state index in [1.165, 1.54) is 18.2 Å². The van der Waals surface area contributed by atoms with E-state index in [4.69, 9.17) is 15.7 Å². The highest BCUT2D eigenvalue weighted by Crippen LogP contribution is 2.34. The molecule has 0 spiro atoms. The molecule has 1 heterocycles. The number of anilines is 1. The predicted molar refractivity (Wildman–Crippen MR) is 78.1 cm³/mol. The van der Waals surface area contributed by atoms with Gasteiger partial charge in [0.25, 0.3) is 0 Å². The summed E-state index contributed by atoms with van der Waals surface area (Å²) in [5.41, 5.74) is 6.85. The molecule has 0 aliphatic carbocycles. The monoisotopic (exact) mass is 326 g/mol. The smallest absolute Gasteiger partial charge is 0.373 e. The number of nitriles is 1. The van der Waals surface area contributed by atoms with Crippen molar-refractivity contribution in [2.45, 2.75) is 6.18 Å². The number of hydrogen-bond donors (Lipinski definition) is 2. The molecule has 0 atom stereocenters. The average Bonchev–Trinajstić information content (AvgIpc) is 2.55. The fraction of sp³-hybridized carbons (Fsp3) is 0.357. The Morgan fingerprint density at radius 1 is 1.30 bits per heavy atom. The third-order valence-electron chi connectivity index (χ3n) is 3.22. The molecule has 0 aromatic heterocycles. The van der Waals surface area contributed by atoms with Crippen LogP contribution in [-0.2, 0) is 10.9 Å². The van der Waals surface area contributed by atoms with Gasteiger partial charge in [0, 0.05) is 0 Å². The number of para-hydroxylation sites is 1. The van der Waals surface area contributed by atoms with Crippen molar-refractivity contribution in [2.24, 2.45) is 10.8 Å². The molecular formula is C14H15F3N5O+. The van der Waals surface area contributed by atoms with Gasteiger partial charge in [0.1, 0.15) is 19.2 Å². The summed E-state index contributed by atoms with van der Waals surface area (Å²) in [5, 5.41) is 12.9. The summed E-state index contributed by atoms with van der Waals surface area (Å²) in [6.45, 7) is 1.91. The van der Waals surface area contributed by atoms with E-state index >= 15 is 0 Å². The van der Waals surface area contributed by atoms with Crippen LogP contribution in [0.4, 0.5) is 18.9 Å². The topological polar surface area (TPSA) is 86.4 Å². The molecular weight excluding hydrogens is 311 g/mol. The lowest BCUT2D eigenvalue weighted by Crippen LogP contribution is -2.41. The first kappa shape index (κ1) is 16.8. The third-order valence-corrected chi connectivity index (χ3v) is 3.22. The minimum Gasteiger partial charge on any atom is -0.373 e. The number of benzene rings is 1. The lowest BCUT2D eigenvalue weighted by Gasteiger charge is -2.15. The first-order valence-corrected chi connectivity index (χ1v) is 6.79. The van der Waals surface area contributed by atoms with Gasteiger partial charge in [0.05, 0.1) is 24.5 Å². The number of rotatable bonds is 3. The Balaban J connectivity index is 2.26. The van der Waals surface area contributed by atoms with Gasteiger partial charge in [-0.15, -0.1) is 0 Å². The van der Waals surface area contributed by atoms with E-state index in [2.05, 4.69) is 10.5 Å². The first-order chi connectivity index (χ1) is 10.9. The zero-order chi connectivity index (χ0) is 16.9. The summed E-state index contributed by atoms with van der Waals surface area (Å²) in [5.74, 6) is 0.104. The number of nitrogens with zero attached hydrogens (tertiary/aromatic N) is 3. The highest BCUT2D eigenvalue weighted by molar-refractivity contribution is 6.45. The van der Waals surface area contributed by atoms with Gasteiger partial charge in [-0.2, -0.15) is 23.5 Å². The van der Waals surface area contributed by atoms with Gasteiger partial charge in [-0.25, -0.2) is 0 Å². The van der Waals surface area contributed by atoms with Crippen LogP contribution in [0.1, 0.15) is 5.56 Å². The van der Waals surface area contributed by atoms with E-state index in [-0.39, 0.29) is 17.2 Å². The molecule has 1 aromatic carbocycles. The number of halogens is 3. The molecule has 0 amide bonds. The molecule has 0 unspecified atom stereocenters. The number of ether oxygens (including phenoxy) is 1. The van der Waals surface area contributed by atoms with Crippen LogP contribution in [0.3, 0.4) is 0 Å². The van der Waals surface area contributed by atoms with Gasteiger partial charge in [0.2, 0.25) is 5.71 Å². The lowest BCUT2D eigenvalue weighted by molar-refractivity contribution is -0.548.